The molecule has 17 heavy (non-hydrogen) atoms. The van der Waals surface area contributed by atoms with E-state index in [4.69, 9.17) is 5.11 Å². The lowest BCUT2D eigenvalue weighted by atomic mass is 10.2. The second-order valence-electron chi connectivity index (χ2n) is 3.83. The second kappa shape index (κ2) is 5.29. The lowest BCUT2D eigenvalue weighted by Gasteiger charge is -2.24. The van der Waals surface area contributed by atoms with Crippen LogP contribution in [0.5, 0.6) is 0 Å². The fraction of sp³-hybridized carbons (Fsp3) is 0.364. The molecule has 1 rings (SSSR count). The number of hydrogen-bond donors (Lipinski definition) is 2. The van der Waals surface area contributed by atoms with Gasteiger partial charge >= 0.3 is 5.97 Å². The largest absolute Gasteiger partial charge is 0.480 e. The van der Waals surface area contributed by atoms with Gasteiger partial charge in [0.1, 0.15) is 12.1 Å². The normalized spacial score (nSPS) is 10.3. The van der Waals surface area contributed by atoms with Crippen LogP contribution < -0.4 is 5.56 Å². The molecule has 0 bridgehead atoms. The number of carbonyl (C=O) groups is 2. The van der Waals surface area contributed by atoms with Gasteiger partial charge in [0.05, 0.1) is 0 Å². The highest BCUT2D eigenvalue weighted by Gasteiger charge is 2.22. The van der Waals surface area contributed by atoms with Crippen molar-refractivity contribution >= 4 is 11.9 Å². The Morgan fingerprint density at radius 1 is 1.47 bits per heavy atom. The molecular formula is C11H14N2O4. The molecule has 0 atom stereocenters. The molecular weight excluding hydrogens is 224 g/mol. The summed E-state index contributed by atoms with van der Waals surface area (Å²) < 4.78 is 0. The van der Waals surface area contributed by atoms with Crippen molar-refractivity contribution < 1.29 is 14.7 Å². The van der Waals surface area contributed by atoms with Gasteiger partial charge in [0.2, 0.25) is 0 Å². The van der Waals surface area contributed by atoms with E-state index in [-0.39, 0.29) is 11.6 Å². The highest BCUT2D eigenvalue weighted by atomic mass is 16.4. The number of hydrogen-bond acceptors (Lipinski definition) is 3. The van der Waals surface area contributed by atoms with Gasteiger partial charge in [-0.25, -0.2) is 0 Å². The molecule has 6 nitrogen and oxygen atoms in total. The maximum Gasteiger partial charge on any atom is 0.323 e. The second-order valence-corrected chi connectivity index (χ2v) is 3.83. The fourth-order valence-corrected chi connectivity index (χ4v) is 1.38. The molecule has 1 aromatic heterocycles. The Bertz CT molecular complexity index is 478. The Morgan fingerprint density at radius 2 is 2.12 bits per heavy atom. The molecule has 0 spiro atoms. The van der Waals surface area contributed by atoms with Gasteiger partial charge in [-0.15, -0.1) is 0 Å². The summed E-state index contributed by atoms with van der Waals surface area (Å²) >= 11 is 0. The van der Waals surface area contributed by atoms with Crippen molar-refractivity contribution in [2.45, 2.75) is 19.9 Å². The van der Waals surface area contributed by atoms with E-state index in [1.807, 2.05) is 0 Å². The minimum atomic E-state index is -1.11. The number of aromatic nitrogens is 1. The van der Waals surface area contributed by atoms with Crippen molar-refractivity contribution in [2.24, 2.45) is 0 Å². The summed E-state index contributed by atoms with van der Waals surface area (Å²) in [4.78, 5) is 37.6. The first-order chi connectivity index (χ1) is 7.93. The Morgan fingerprint density at radius 3 is 2.59 bits per heavy atom. The molecule has 0 unspecified atom stereocenters. The lowest BCUT2D eigenvalue weighted by molar-refractivity contribution is -0.138. The maximum atomic E-state index is 12.0. The van der Waals surface area contributed by atoms with Crippen LogP contribution in [0, 0.1) is 0 Å². The lowest BCUT2D eigenvalue weighted by Crippen LogP contribution is -2.42. The van der Waals surface area contributed by atoms with Crippen LogP contribution in [0.25, 0.3) is 0 Å². The molecule has 0 aliphatic heterocycles. The van der Waals surface area contributed by atoms with E-state index in [2.05, 4.69) is 4.98 Å². The summed E-state index contributed by atoms with van der Waals surface area (Å²) in [6.45, 7) is 2.96. The van der Waals surface area contributed by atoms with E-state index >= 15 is 0 Å². The van der Waals surface area contributed by atoms with Gasteiger partial charge in [0.15, 0.2) is 0 Å². The summed E-state index contributed by atoms with van der Waals surface area (Å²) in [5.41, 5.74) is -0.573. The number of rotatable bonds is 4. The van der Waals surface area contributed by atoms with Crippen LogP contribution in [-0.2, 0) is 4.79 Å². The highest BCUT2D eigenvalue weighted by Crippen LogP contribution is 2.04. The van der Waals surface area contributed by atoms with Crippen LogP contribution in [0.1, 0.15) is 24.2 Å². The van der Waals surface area contributed by atoms with Gasteiger partial charge < -0.3 is 15.0 Å². The third-order valence-electron chi connectivity index (χ3n) is 2.24. The SMILES string of the molecule is CC(C)N(CC(=O)O)C(=O)c1ccc[nH]c1=O. The molecule has 6 heteroatoms. The number of carbonyl (C=O) groups excluding carboxylic acids is 1. The first kappa shape index (κ1) is 13.0. The predicted molar refractivity (Wildman–Crippen MR) is 60.9 cm³/mol. The summed E-state index contributed by atoms with van der Waals surface area (Å²) in [7, 11) is 0. The van der Waals surface area contributed by atoms with Crippen LogP contribution in [0.4, 0.5) is 0 Å². The van der Waals surface area contributed by atoms with Gasteiger partial charge in [-0.3, -0.25) is 14.4 Å². The van der Waals surface area contributed by atoms with Gasteiger partial charge in [-0.2, -0.15) is 0 Å². The van der Waals surface area contributed by atoms with E-state index < -0.39 is 24.0 Å². The van der Waals surface area contributed by atoms with E-state index in [9.17, 15) is 14.4 Å². The monoisotopic (exact) mass is 238 g/mol. The van der Waals surface area contributed by atoms with Gasteiger partial charge in [-0.05, 0) is 26.0 Å². The van der Waals surface area contributed by atoms with E-state index in [0.29, 0.717) is 0 Å². The first-order valence-electron chi connectivity index (χ1n) is 5.14. The molecule has 2 N–H and O–H groups in total. The van der Waals surface area contributed by atoms with E-state index in [1.54, 1.807) is 13.8 Å². The standard InChI is InChI=1S/C11H14N2O4/c1-7(2)13(6-9(14)15)11(17)8-4-3-5-12-10(8)16/h3-5,7H,6H2,1-2H3,(H,12,16)(H,14,15). The topological polar surface area (TPSA) is 90.5 Å². The first-order valence-corrected chi connectivity index (χ1v) is 5.14. The molecule has 0 radical (unpaired) electrons. The van der Waals surface area contributed by atoms with Crippen LogP contribution >= 0.6 is 0 Å². The zero-order chi connectivity index (χ0) is 13.0. The molecule has 1 heterocycles. The number of nitrogens with zero attached hydrogens (tertiary/aromatic N) is 1. The van der Waals surface area contributed by atoms with Gasteiger partial charge in [-0.1, -0.05) is 0 Å². The Labute approximate surface area is 97.9 Å². The van der Waals surface area contributed by atoms with Crippen molar-refractivity contribution in [3.8, 4) is 0 Å². The van der Waals surface area contributed by atoms with Gasteiger partial charge in [0.25, 0.3) is 11.5 Å². The third kappa shape index (κ3) is 3.17. The zero-order valence-corrected chi connectivity index (χ0v) is 9.64. The minimum absolute atomic E-state index is 0.0533. The van der Waals surface area contributed by atoms with Gasteiger partial charge in [0, 0.05) is 12.2 Å². The summed E-state index contributed by atoms with van der Waals surface area (Å²) in [6, 6.07) is 2.60. The molecule has 0 saturated carbocycles. The molecule has 1 amide bonds. The zero-order valence-electron chi connectivity index (χ0n) is 9.64. The number of carboxylic acid groups (broad SMARTS) is 1. The highest BCUT2D eigenvalue weighted by molar-refractivity contribution is 5.95. The average molecular weight is 238 g/mol. The predicted octanol–water partition coefficient (Wildman–Crippen LogP) is 0.310. The quantitative estimate of drug-likeness (QED) is 0.789. The van der Waals surface area contributed by atoms with Crippen molar-refractivity contribution in [1.29, 1.82) is 0 Å². The third-order valence-corrected chi connectivity index (χ3v) is 2.24. The molecule has 0 fully saturated rings. The minimum Gasteiger partial charge on any atom is -0.480 e. The number of aliphatic carboxylic acids is 1. The molecule has 92 valence electrons. The smallest absolute Gasteiger partial charge is 0.323 e. The molecule has 0 aliphatic carbocycles. The number of H-pyrrole nitrogens is 1. The van der Waals surface area contributed by atoms with Crippen molar-refractivity contribution in [3.05, 3.63) is 34.2 Å². The maximum absolute atomic E-state index is 12.0. The van der Waals surface area contributed by atoms with E-state index in [1.165, 1.54) is 18.3 Å². The number of carboxylic acids is 1. The Kier molecular flexibility index (Phi) is 4.03. The Hall–Kier alpha value is -2.11. The summed E-state index contributed by atoms with van der Waals surface area (Å²) in [5.74, 6) is -1.69. The molecule has 0 aliphatic rings. The number of amides is 1. The molecule has 1 aromatic rings. The Balaban J connectivity index is 3.04. The van der Waals surface area contributed by atoms with Crippen LogP contribution in [0.2, 0.25) is 0 Å². The number of aromatic amines is 1. The fourth-order valence-electron chi connectivity index (χ4n) is 1.38. The number of nitrogens with one attached hydrogen (secondary N) is 1. The molecule has 0 saturated heterocycles. The van der Waals surface area contributed by atoms with Crippen LogP contribution in [0.15, 0.2) is 23.1 Å². The van der Waals surface area contributed by atoms with Crippen LogP contribution in [0.3, 0.4) is 0 Å². The van der Waals surface area contributed by atoms with E-state index in [0.717, 1.165) is 4.90 Å². The average Bonchev–Trinajstić information content (AvgIpc) is 2.25. The van der Waals surface area contributed by atoms with Crippen molar-refractivity contribution in [1.82, 2.24) is 9.88 Å². The summed E-state index contributed by atoms with van der Waals surface area (Å²) in [5, 5.41) is 8.72. The van der Waals surface area contributed by atoms with Crippen molar-refractivity contribution in [2.75, 3.05) is 6.54 Å². The summed E-state index contributed by atoms with van der Waals surface area (Å²) in [6.07, 6.45) is 1.41. The number of pyridine rings is 1. The van der Waals surface area contributed by atoms with Crippen LogP contribution in [-0.4, -0.2) is 39.5 Å². The molecule has 0 aromatic carbocycles. The van der Waals surface area contributed by atoms with Crippen molar-refractivity contribution in [3.63, 3.8) is 0 Å².